The summed E-state index contributed by atoms with van der Waals surface area (Å²) in [5.74, 6) is 1.27. The van der Waals surface area contributed by atoms with Crippen LogP contribution in [0.15, 0.2) is 17.0 Å². The zero-order chi connectivity index (χ0) is 13.9. The van der Waals surface area contributed by atoms with E-state index in [1.54, 1.807) is 0 Å². The second-order valence-electron chi connectivity index (χ2n) is 4.76. The molecule has 0 atom stereocenters. The zero-order valence-electron chi connectivity index (χ0n) is 10.9. The van der Waals surface area contributed by atoms with Gasteiger partial charge in [-0.1, -0.05) is 17.4 Å². The normalized spacial score (nSPS) is 13.8. The van der Waals surface area contributed by atoms with Gasteiger partial charge in [0.15, 0.2) is 5.82 Å². The number of rotatable bonds is 4. The van der Waals surface area contributed by atoms with Crippen molar-refractivity contribution in [2.24, 2.45) is 5.73 Å². The molecule has 2 heterocycles. The lowest BCUT2D eigenvalue weighted by Gasteiger charge is -2.18. The molecule has 2 aromatic heterocycles. The second kappa shape index (κ2) is 5.54. The van der Waals surface area contributed by atoms with Crippen molar-refractivity contribution in [3.05, 3.63) is 35.1 Å². The van der Waals surface area contributed by atoms with Gasteiger partial charge in [0.05, 0.1) is 12.1 Å². The Kier molecular flexibility index (Phi) is 3.60. The summed E-state index contributed by atoms with van der Waals surface area (Å²) in [6.45, 7) is 0.428. The number of nitrogens with one attached hydrogen (secondary N) is 1. The molecule has 0 fully saturated rings. The molecule has 7 heteroatoms. The monoisotopic (exact) mass is 289 g/mol. The van der Waals surface area contributed by atoms with Gasteiger partial charge in [-0.3, -0.25) is 0 Å². The largest absolute Gasteiger partial charge is 0.389 e. The van der Waals surface area contributed by atoms with Gasteiger partial charge in [-0.2, -0.15) is 4.98 Å². The van der Waals surface area contributed by atoms with Crippen LogP contribution < -0.4 is 11.1 Å². The molecule has 0 radical (unpaired) electrons. The smallest absolute Gasteiger partial charge is 0.213 e. The first-order valence-corrected chi connectivity index (χ1v) is 6.96. The van der Waals surface area contributed by atoms with Crippen molar-refractivity contribution >= 4 is 23.0 Å². The van der Waals surface area contributed by atoms with Gasteiger partial charge < -0.3 is 15.6 Å². The Hall–Kier alpha value is -2.02. The van der Waals surface area contributed by atoms with Gasteiger partial charge in [0.2, 0.25) is 6.39 Å². The molecule has 1 aliphatic rings. The average molecular weight is 289 g/mol. The summed E-state index contributed by atoms with van der Waals surface area (Å²) in [7, 11) is 0. The topological polar surface area (TPSA) is 89.9 Å². The fourth-order valence-electron chi connectivity index (χ4n) is 2.39. The molecule has 0 aromatic carbocycles. The number of thiocarbonyl (C=S) groups is 1. The Morgan fingerprint density at radius 2 is 2.25 bits per heavy atom. The SMILES string of the molecule is NC(=S)c1cc2c(nc1NCc1ncon1)CCCC2. The fourth-order valence-corrected chi connectivity index (χ4v) is 2.54. The van der Waals surface area contributed by atoms with Crippen LogP contribution in [-0.2, 0) is 19.4 Å². The third kappa shape index (κ3) is 2.62. The molecular formula is C13H15N5OS. The highest BCUT2D eigenvalue weighted by Crippen LogP contribution is 2.25. The number of hydrogen-bond donors (Lipinski definition) is 2. The predicted octanol–water partition coefficient (Wildman–Crippen LogP) is 1.59. The van der Waals surface area contributed by atoms with Crippen LogP contribution in [0.3, 0.4) is 0 Å². The van der Waals surface area contributed by atoms with Crippen molar-refractivity contribution in [1.29, 1.82) is 0 Å². The van der Waals surface area contributed by atoms with Crippen molar-refractivity contribution in [3.63, 3.8) is 0 Å². The predicted molar refractivity (Wildman–Crippen MR) is 78.4 cm³/mol. The van der Waals surface area contributed by atoms with Crippen molar-refractivity contribution in [2.45, 2.75) is 32.2 Å². The number of anilines is 1. The maximum Gasteiger partial charge on any atom is 0.213 e. The molecule has 3 rings (SSSR count). The number of aryl methyl sites for hydroxylation is 2. The summed E-state index contributed by atoms with van der Waals surface area (Å²) in [5.41, 5.74) is 8.97. The van der Waals surface area contributed by atoms with E-state index in [0.29, 0.717) is 23.2 Å². The zero-order valence-corrected chi connectivity index (χ0v) is 11.7. The standard InChI is InChI=1S/C13H15N5OS/c14-12(20)9-5-8-3-1-2-4-10(8)17-13(9)15-6-11-16-7-19-18-11/h5,7H,1-4,6H2,(H2,14,20)(H,15,17). The lowest BCUT2D eigenvalue weighted by atomic mass is 9.94. The molecule has 0 spiro atoms. The lowest BCUT2D eigenvalue weighted by molar-refractivity contribution is 0.411. The van der Waals surface area contributed by atoms with Crippen LogP contribution in [-0.4, -0.2) is 20.1 Å². The maximum absolute atomic E-state index is 5.80. The molecule has 0 aliphatic heterocycles. The van der Waals surface area contributed by atoms with E-state index in [-0.39, 0.29) is 0 Å². The van der Waals surface area contributed by atoms with Crippen LogP contribution in [0.1, 0.15) is 35.5 Å². The van der Waals surface area contributed by atoms with Gasteiger partial charge in [-0.05, 0) is 37.3 Å². The van der Waals surface area contributed by atoms with E-state index in [0.717, 1.165) is 24.1 Å². The van der Waals surface area contributed by atoms with E-state index >= 15 is 0 Å². The number of fused-ring (bicyclic) bond motifs is 1. The summed E-state index contributed by atoms with van der Waals surface area (Å²) in [4.78, 5) is 8.98. The molecule has 0 saturated carbocycles. The average Bonchev–Trinajstić information content (AvgIpc) is 2.97. The highest BCUT2D eigenvalue weighted by molar-refractivity contribution is 7.80. The molecule has 20 heavy (non-hydrogen) atoms. The van der Waals surface area contributed by atoms with Crippen LogP contribution >= 0.6 is 12.2 Å². The van der Waals surface area contributed by atoms with Crippen LogP contribution in [0.25, 0.3) is 0 Å². The van der Waals surface area contributed by atoms with Crippen LogP contribution in [0.4, 0.5) is 5.82 Å². The Morgan fingerprint density at radius 1 is 1.40 bits per heavy atom. The maximum atomic E-state index is 5.80. The highest BCUT2D eigenvalue weighted by atomic mass is 32.1. The minimum Gasteiger partial charge on any atom is -0.389 e. The number of aromatic nitrogens is 3. The van der Waals surface area contributed by atoms with Gasteiger partial charge in [-0.15, -0.1) is 0 Å². The fraction of sp³-hybridized carbons (Fsp3) is 0.385. The molecule has 6 nitrogen and oxygen atoms in total. The summed E-state index contributed by atoms with van der Waals surface area (Å²) in [6, 6.07) is 2.06. The van der Waals surface area contributed by atoms with E-state index in [1.807, 2.05) is 0 Å². The molecule has 0 bridgehead atoms. The van der Waals surface area contributed by atoms with Gasteiger partial charge in [0, 0.05) is 5.69 Å². The number of pyridine rings is 1. The van der Waals surface area contributed by atoms with Crippen LogP contribution in [0, 0.1) is 0 Å². The molecular weight excluding hydrogens is 274 g/mol. The van der Waals surface area contributed by atoms with E-state index < -0.39 is 0 Å². The number of nitrogens with zero attached hydrogens (tertiary/aromatic N) is 3. The molecule has 0 amide bonds. The first kappa shape index (κ1) is 13.0. The van der Waals surface area contributed by atoms with Crippen LogP contribution in [0.2, 0.25) is 0 Å². The summed E-state index contributed by atoms with van der Waals surface area (Å²) in [6.07, 6.45) is 5.72. The van der Waals surface area contributed by atoms with Gasteiger partial charge in [-0.25, -0.2) is 4.98 Å². The quantitative estimate of drug-likeness (QED) is 0.826. The van der Waals surface area contributed by atoms with Crippen molar-refractivity contribution in [3.8, 4) is 0 Å². The lowest BCUT2D eigenvalue weighted by Crippen LogP contribution is -2.18. The van der Waals surface area contributed by atoms with E-state index in [1.165, 1.54) is 24.8 Å². The Balaban J connectivity index is 1.89. The van der Waals surface area contributed by atoms with E-state index in [2.05, 4.69) is 26.5 Å². The summed E-state index contributed by atoms with van der Waals surface area (Å²) >= 11 is 5.12. The first-order chi connectivity index (χ1) is 9.74. The molecule has 0 unspecified atom stereocenters. The van der Waals surface area contributed by atoms with E-state index in [4.69, 9.17) is 22.5 Å². The van der Waals surface area contributed by atoms with Crippen molar-refractivity contribution in [1.82, 2.24) is 15.1 Å². The van der Waals surface area contributed by atoms with Gasteiger partial charge >= 0.3 is 0 Å². The summed E-state index contributed by atoms with van der Waals surface area (Å²) < 4.78 is 4.70. The van der Waals surface area contributed by atoms with E-state index in [9.17, 15) is 0 Å². The Bertz CT molecular complexity index is 626. The Morgan fingerprint density at radius 3 is 3.00 bits per heavy atom. The molecule has 0 saturated heterocycles. The number of nitrogens with two attached hydrogens (primary N) is 1. The van der Waals surface area contributed by atoms with Crippen molar-refractivity contribution in [2.75, 3.05) is 5.32 Å². The molecule has 3 N–H and O–H groups in total. The second-order valence-corrected chi connectivity index (χ2v) is 5.20. The Labute approximate surface area is 121 Å². The number of hydrogen-bond acceptors (Lipinski definition) is 6. The van der Waals surface area contributed by atoms with Crippen LogP contribution in [0.5, 0.6) is 0 Å². The van der Waals surface area contributed by atoms with Gasteiger partial charge in [0.25, 0.3) is 0 Å². The minimum absolute atomic E-state index is 0.349. The molecule has 1 aliphatic carbocycles. The molecule has 2 aromatic rings. The first-order valence-electron chi connectivity index (χ1n) is 6.56. The third-order valence-electron chi connectivity index (χ3n) is 3.39. The van der Waals surface area contributed by atoms with Crippen molar-refractivity contribution < 1.29 is 4.52 Å². The summed E-state index contributed by atoms with van der Waals surface area (Å²) in [5, 5.41) is 6.94. The third-order valence-corrected chi connectivity index (χ3v) is 3.61. The highest BCUT2D eigenvalue weighted by Gasteiger charge is 2.16. The molecule has 104 valence electrons. The van der Waals surface area contributed by atoms with Gasteiger partial charge in [0.1, 0.15) is 10.8 Å². The minimum atomic E-state index is 0.349.